The van der Waals surface area contributed by atoms with Gasteiger partial charge in [-0.1, -0.05) is 17.3 Å². The molecule has 1 atom stereocenters. The van der Waals surface area contributed by atoms with Gasteiger partial charge in [-0.2, -0.15) is 13.5 Å². The van der Waals surface area contributed by atoms with Gasteiger partial charge in [0.15, 0.2) is 0 Å². The molecule has 0 aliphatic carbocycles. The molecule has 1 heterocycles. The highest BCUT2D eigenvalue weighted by Crippen LogP contribution is 2.34. The molecule has 0 N–H and O–H groups in total. The topological polar surface area (TPSA) is 39.9 Å². The van der Waals surface area contributed by atoms with Crippen LogP contribution in [0.1, 0.15) is 0 Å². The summed E-state index contributed by atoms with van der Waals surface area (Å²) in [6.45, 7) is 0. The molecule has 104 valence electrons. The van der Waals surface area contributed by atoms with Gasteiger partial charge in [-0.25, -0.2) is 9.13 Å². The first kappa shape index (κ1) is 13.6. The number of ether oxygens (including phenoxy) is 1. The van der Waals surface area contributed by atoms with Gasteiger partial charge >= 0.3 is 12.4 Å². The van der Waals surface area contributed by atoms with Crippen molar-refractivity contribution in [2.24, 2.45) is 0 Å². The fraction of sp³-hybridized carbons (Fsp3) is 0.333. The molecule has 0 fully saturated rings. The van der Waals surface area contributed by atoms with E-state index in [0.717, 1.165) is 6.07 Å². The van der Waals surface area contributed by atoms with Crippen LogP contribution in [0.2, 0.25) is 0 Å². The Morgan fingerprint density at radius 3 is 2.37 bits per heavy atom. The minimum Gasteiger partial charge on any atom is -0.248 e. The van der Waals surface area contributed by atoms with Gasteiger partial charge in [-0.05, 0) is 12.1 Å². The first-order chi connectivity index (χ1) is 8.72. The van der Waals surface area contributed by atoms with Crippen LogP contribution in [0.5, 0.6) is 0 Å². The summed E-state index contributed by atoms with van der Waals surface area (Å²) >= 11 is 0. The summed E-state index contributed by atoms with van der Waals surface area (Å²) in [5.74, 6) is 0. The van der Waals surface area contributed by atoms with Crippen LogP contribution in [-0.2, 0) is 10.8 Å². The van der Waals surface area contributed by atoms with E-state index in [0.29, 0.717) is 0 Å². The van der Waals surface area contributed by atoms with Crippen molar-refractivity contribution in [2.75, 3.05) is 0 Å². The summed E-state index contributed by atoms with van der Waals surface area (Å²) in [4.78, 5) is 0. The fourth-order valence-corrected chi connectivity index (χ4v) is 1.37. The number of rotatable bonds is 3. The molecule has 0 saturated carbocycles. The van der Waals surface area contributed by atoms with Gasteiger partial charge < -0.3 is 0 Å². The number of para-hydroxylation sites is 1. The first-order valence-corrected chi connectivity index (χ1v) is 4.79. The molecule has 4 nitrogen and oxygen atoms in total. The molecular formula is C9H5F6N3O. The Balaban J connectivity index is 2.38. The third kappa shape index (κ3) is 2.62. The second-order valence-corrected chi connectivity index (χ2v) is 3.46. The Morgan fingerprint density at radius 2 is 1.74 bits per heavy atom. The van der Waals surface area contributed by atoms with Gasteiger partial charge in [-0.15, -0.1) is 18.3 Å². The number of halogens is 6. The van der Waals surface area contributed by atoms with E-state index in [2.05, 4.69) is 15.0 Å². The minimum atomic E-state index is -5.53. The Hall–Kier alpha value is -1.84. The van der Waals surface area contributed by atoms with Gasteiger partial charge in [0.2, 0.25) is 0 Å². The van der Waals surface area contributed by atoms with E-state index in [4.69, 9.17) is 0 Å². The zero-order valence-electron chi connectivity index (χ0n) is 8.90. The molecule has 1 aromatic carbocycles. The Bertz CT molecular complexity index is 581. The second kappa shape index (κ2) is 4.37. The van der Waals surface area contributed by atoms with E-state index in [1.165, 1.54) is 18.2 Å². The van der Waals surface area contributed by atoms with Gasteiger partial charge in [0, 0.05) is 0 Å². The number of alkyl halides is 6. The maximum Gasteiger partial charge on any atom is 0.525 e. The zero-order chi connectivity index (χ0) is 14.3. The first-order valence-electron chi connectivity index (χ1n) is 4.79. The van der Waals surface area contributed by atoms with Crippen molar-refractivity contribution in [3.05, 3.63) is 24.3 Å². The second-order valence-electron chi connectivity index (χ2n) is 3.46. The molecular weight excluding hydrogens is 280 g/mol. The van der Waals surface area contributed by atoms with Crippen LogP contribution < -0.4 is 0 Å². The van der Waals surface area contributed by atoms with Gasteiger partial charge in [-0.3, -0.25) is 0 Å². The lowest BCUT2D eigenvalue weighted by Crippen LogP contribution is -2.39. The molecule has 0 aliphatic rings. The molecule has 19 heavy (non-hydrogen) atoms. The maximum absolute atomic E-state index is 13.5. The summed E-state index contributed by atoms with van der Waals surface area (Å²) in [7, 11) is 0. The summed E-state index contributed by atoms with van der Waals surface area (Å²) in [6.07, 6.45) is -9.46. The van der Waals surface area contributed by atoms with E-state index < -0.39 is 18.8 Å². The van der Waals surface area contributed by atoms with Crippen molar-refractivity contribution >= 4 is 11.0 Å². The summed E-state index contributed by atoms with van der Waals surface area (Å²) in [5, 5.41) is 6.24. The average Bonchev–Trinajstić information content (AvgIpc) is 2.70. The van der Waals surface area contributed by atoms with Gasteiger partial charge in [0.1, 0.15) is 5.52 Å². The molecule has 0 aliphatic heterocycles. The lowest BCUT2D eigenvalue weighted by Gasteiger charge is -2.21. The fourth-order valence-electron chi connectivity index (χ4n) is 1.37. The molecule has 2 rings (SSSR count). The van der Waals surface area contributed by atoms with Crippen LogP contribution in [-0.4, -0.2) is 27.7 Å². The van der Waals surface area contributed by atoms with E-state index in [1.807, 2.05) is 0 Å². The SMILES string of the molecule is FC(OC(F)(F)F)C(F)(F)n1nnc2ccccc21. The number of hydrogen-bond donors (Lipinski definition) is 0. The molecule has 10 heteroatoms. The van der Waals surface area contributed by atoms with E-state index >= 15 is 0 Å². The zero-order valence-corrected chi connectivity index (χ0v) is 8.90. The van der Waals surface area contributed by atoms with E-state index in [9.17, 15) is 26.3 Å². The molecule has 1 unspecified atom stereocenters. The van der Waals surface area contributed by atoms with Gasteiger partial charge in [0.25, 0.3) is 6.36 Å². The molecule has 0 saturated heterocycles. The van der Waals surface area contributed by atoms with Crippen LogP contribution in [0.25, 0.3) is 11.0 Å². The predicted molar refractivity (Wildman–Crippen MR) is 49.8 cm³/mol. The molecule has 0 bridgehead atoms. The Morgan fingerprint density at radius 1 is 1.11 bits per heavy atom. The molecule has 1 aromatic heterocycles. The third-order valence-corrected chi connectivity index (χ3v) is 2.14. The number of nitrogens with zero attached hydrogens (tertiary/aromatic N) is 3. The highest BCUT2D eigenvalue weighted by Gasteiger charge is 2.51. The number of hydrogen-bond acceptors (Lipinski definition) is 3. The van der Waals surface area contributed by atoms with Gasteiger partial charge in [0.05, 0.1) is 5.52 Å². The Labute approximate surface area is 101 Å². The van der Waals surface area contributed by atoms with Crippen molar-refractivity contribution in [1.82, 2.24) is 15.0 Å². The monoisotopic (exact) mass is 285 g/mol. The van der Waals surface area contributed by atoms with Crippen LogP contribution in [0.15, 0.2) is 24.3 Å². The molecule has 0 radical (unpaired) electrons. The van der Waals surface area contributed by atoms with Crippen LogP contribution in [0.3, 0.4) is 0 Å². The predicted octanol–water partition coefficient (Wildman–Crippen LogP) is 2.81. The highest BCUT2D eigenvalue weighted by molar-refractivity contribution is 5.74. The molecule has 2 aromatic rings. The van der Waals surface area contributed by atoms with Crippen molar-refractivity contribution in [2.45, 2.75) is 18.8 Å². The van der Waals surface area contributed by atoms with Crippen LogP contribution in [0.4, 0.5) is 26.3 Å². The van der Waals surface area contributed by atoms with Crippen molar-refractivity contribution in [3.63, 3.8) is 0 Å². The normalized spacial score (nSPS) is 14.8. The maximum atomic E-state index is 13.5. The quantitative estimate of drug-likeness (QED) is 0.814. The van der Waals surface area contributed by atoms with E-state index in [-0.39, 0.29) is 15.7 Å². The average molecular weight is 285 g/mol. The highest BCUT2D eigenvalue weighted by atomic mass is 19.4. The molecule has 0 amide bonds. The number of benzene rings is 1. The van der Waals surface area contributed by atoms with Crippen LogP contribution >= 0.6 is 0 Å². The third-order valence-electron chi connectivity index (χ3n) is 2.14. The molecule has 0 spiro atoms. The van der Waals surface area contributed by atoms with Crippen molar-refractivity contribution in [3.8, 4) is 0 Å². The number of aromatic nitrogens is 3. The summed E-state index contributed by atoms with van der Waals surface area (Å²) in [6, 6.07) is 0.552. The lowest BCUT2D eigenvalue weighted by atomic mass is 10.3. The minimum absolute atomic E-state index is 0.0126. The van der Waals surface area contributed by atoms with Crippen molar-refractivity contribution < 1.29 is 31.1 Å². The van der Waals surface area contributed by atoms with Crippen molar-refractivity contribution in [1.29, 1.82) is 0 Å². The Kier molecular flexibility index (Phi) is 3.12. The largest absolute Gasteiger partial charge is 0.525 e. The summed E-state index contributed by atoms with van der Waals surface area (Å²) in [5.41, 5.74) is -0.331. The van der Waals surface area contributed by atoms with Crippen LogP contribution in [0, 0.1) is 0 Å². The summed E-state index contributed by atoms with van der Waals surface area (Å²) < 4.78 is 77.7. The number of fused-ring (bicyclic) bond motifs is 1. The standard InChI is InChI=1S/C9H5F6N3O/c10-7(19-9(13,14)15)8(11,12)18-6-4-2-1-3-5(6)16-17-18/h1-4,7H. The smallest absolute Gasteiger partial charge is 0.248 e. The lowest BCUT2D eigenvalue weighted by molar-refractivity contribution is -0.400. The van der Waals surface area contributed by atoms with E-state index in [1.54, 1.807) is 0 Å².